The highest BCUT2D eigenvalue weighted by Gasteiger charge is 2.17. The summed E-state index contributed by atoms with van der Waals surface area (Å²) < 4.78 is 6.34. The topological polar surface area (TPSA) is 65.0 Å². The standard InChI is InChI=1S/C21H20ClN7S/c22-20-19(28-7-8-30-21(28)26-20)13-27-6-3-17-18(27)9-14(10-24-17)15-11-25-29(12-15)16-1-4-23-5-2-16/h3,6-12,16,23H,1-2,4-5,13H2. The number of aromatic nitrogens is 6. The molecule has 9 heteroatoms. The van der Waals surface area contributed by atoms with Crippen LogP contribution in [0.3, 0.4) is 0 Å². The molecule has 0 amide bonds. The molecular weight excluding hydrogens is 418 g/mol. The second kappa shape index (κ2) is 7.23. The average molecular weight is 438 g/mol. The van der Waals surface area contributed by atoms with E-state index in [2.05, 4.69) is 52.5 Å². The minimum absolute atomic E-state index is 0.470. The first-order valence-electron chi connectivity index (χ1n) is 10.1. The Balaban J connectivity index is 1.35. The minimum atomic E-state index is 0.470. The van der Waals surface area contributed by atoms with Crippen LogP contribution in [0.4, 0.5) is 0 Å². The van der Waals surface area contributed by atoms with Crippen molar-refractivity contribution in [3.05, 3.63) is 59.3 Å². The fraction of sp³-hybridized carbons (Fsp3) is 0.286. The van der Waals surface area contributed by atoms with Gasteiger partial charge in [-0.3, -0.25) is 14.1 Å². The molecule has 1 aliphatic rings. The molecule has 0 atom stereocenters. The minimum Gasteiger partial charge on any atom is -0.340 e. The molecule has 0 radical (unpaired) electrons. The van der Waals surface area contributed by atoms with Crippen molar-refractivity contribution in [2.45, 2.75) is 25.4 Å². The van der Waals surface area contributed by atoms with Crippen molar-refractivity contribution in [2.24, 2.45) is 0 Å². The number of nitrogens with one attached hydrogen (secondary N) is 1. The Kier molecular flexibility index (Phi) is 4.36. The van der Waals surface area contributed by atoms with Gasteiger partial charge in [0.25, 0.3) is 0 Å². The van der Waals surface area contributed by atoms with Crippen molar-refractivity contribution < 1.29 is 0 Å². The molecule has 1 N–H and O–H groups in total. The summed E-state index contributed by atoms with van der Waals surface area (Å²) in [5, 5.41) is 10.6. The van der Waals surface area contributed by atoms with Crippen LogP contribution in [-0.4, -0.2) is 41.8 Å². The van der Waals surface area contributed by atoms with Gasteiger partial charge in [0.15, 0.2) is 10.1 Å². The summed E-state index contributed by atoms with van der Waals surface area (Å²) in [6, 6.07) is 4.70. The highest BCUT2D eigenvalue weighted by molar-refractivity contribution is 7.15. The second-order valence-electron chi connectivity index (χ2n) is 7.67. The molecule has 5 aromatic rings. The average Bonchev–Trinajstić information content (AvgIpc) is 3.55. The predicted octanol–water partition coefficient (Wildman–Crippen LogP) is 4.24. The molecule has 0 bridgehead atoms. The third kappa shape index (κ3) is 3.03. The molecule has 0 aromatic carbocycles. The van der Waals surface area contributed by atoms with Gasteiger partial charge in [0.2, 0.25) is 0 Å². The van der Waals surface area contributed by atoms with Gasteiger partial charge in [0.1, 0.15) is 0 Å². The largest absolute Gasteiger partial charge is 0.340 e. The Morgan fingerprint density at radius 3 is 2.97 bits per heavy atom. The zero-order chi connectivity index (χ0) is 20.1. The quantitative estimate of drug-likeness (QED) is 0.457. The number of hydrogen-bond acceptors (Lipinski definition) is 5. The van der Waals surface area contributed by atoms with Gasteiger partial charge in [0, 0.05) is 41.3 Å². The van der Waals surface area contributed by atoms with Gasteiger partial charge in [0.05, 0.1) is 35.5 Å². The van der Waals surface area contributed by atoms with Crippen LogP contribution in [0.25, 0.3) is 27.1 Å². The zero-order valence-electron chi connectivity index (χ0n) is 16.2. The Morgan fingerprint density at radius 1 is 1.17 bits per heavy atom. The van der Waals surface area contributed by atoms with E-state index in [1.165, 1.54) is 0 Å². The fourth-order valence-corrected chi connectivity index (χ4v) is 5.24. The second-order valence-corrected chi connectivity index (χ2v) is 8.90. The van der Waals surface area contributed by atoms with Crippen molar-refractivity contribution in [3.8, 4) is 11.1 Å². The first kappa shape index (κ1) is 18.1. The van der Waals surface area contributed by atoms with Crippen LogP contribution in [0.5, 0.6) is 0 Å². The lowest BCUT2D eigenvalue weighted by atomic mass is 10.1. The van der Waals surface area contributed by atoms with E-state index in [4.69, 9.17) is 11.6 Å². The number of fused-ring (bicyclic) bond motifs is 2. The first-order chi connectivity index (χ1) is 14.8. The summed E-state index contributed by atoms with van der Waals surface area (Å²) in [6.45, 7) is 2.74. The van der Waals surface area contributed by atoms with Crippen LogP contribution in [0.15, 0.2) is 48.5 Å². The number of nitrogens with zero attached hydrogens (tertiary/aromatic N) is 6. The van der Waals surface area contributed by atoms with E-state index in [0.717, 1.165) is 58.7 Å². The summed E-state index contributed by atoms with van der Waals surface area (Å²) in [6.07, 6.45) is 12.3. The molecule has 6 rings (SSSR count). The lowest BCUT2D eigenvalue weighted by Crippen LogP contribution is -2.29. The van der Waals surface area contributed by atoms with Crippen LogP contribution in [0.1, 0.15) is 24.6 Å². The first-order valence-corrected chi connectivity index (χ1v) is 11.3. The molecular formula is C21H20ClN7S. The molecule has 0 aliphatic carbocycles. The third-order valence-electron chi connectivity index (χ3n) is 5.87. The SMILES string of the molecule is Clc1nc2sccn2c1Cn1ccc2ncc(-c3cnn(C4CCNCC4)c3)cc21. The summed E-state index contributed by atoms with van der Waals surface area (Å²) >= 11 is 8.00. The number of halogens is 1. The fourth-order valence-electron chi connectivity index (χ4n) is 4.23. The summed E-state index contributed by atoms with van der Waals surface area (Å²) in [5.41, 5.74) is 5.19. The van der Waals surface area contributed by atoms with Crippen LogP contribution in [-0.2, 0) is 6.54 Å². The Hall–Kier alpha value is -2.68. The van der Waals surface area contributed by atoms with Crippen molar-refractivity contribution in [1.29, 1.82) is 0 Å². The molecule has 0 spiro atoms. The van der Waals surface area contributed by atoms with Gasteiger partial charge >= 0.3 is 0 Å². The van der Waals surface area contributed by atoms with Gasteiger partial charge in [-0.15, -0.1) is 11.3 Å². The van der Waals surface area contributed by atoms with Gasteiger partial charge in [-0.05, 0) is 38.1 Å². The lowest BCUT2D eigenvalue weighted by Gasteiger charge is -2.22. The molecule has 5 aromatic heterocycles. The summed E-state index contributed by atoms with van der Waals surface area (Å²) in [5.74, 6) is 0. The van der Waals surface area contributed by atoms with Crippen LogP contribution >= 0.6 is 22.9 Å². The Bertz CT molecular complexity index is 1340. The van der Waals surface area contributed by atoms with Gasteiger partial charge in [-0.1, -0.05) is 11.6 Å². The molecule has 1 aliphatic heterocycles. The number of rotatable bonds is 4. The molecule has 7 nitrogen and oxygen atoms in total. The van der Waals surface area contributed by atoms with E-state index < -0.39 is 0 Å². The lowest BCUT2D eigenvalue weighted by molar-refractivity contribution is 0.343. The molecule has 30 heavy (non-hydrogen) atoms. The van der Waals surface area contributed by atoms with E-state index in [1.807, 2.05) is 30.0 Å². The molecule has 6 heterocycles. The maximum atomic E-state index is 6.41. The number of imidazole rings is 1. The van der Waals surface area contributed by atoms with E-state index in [-0.39, 0.29) is 0 Å². The highest BCUT2D eigenvalue weighted by Crippen LogP contribution is 2.28. The number of hydrogen-bond donors (Lipinski definition) is 1. The highest BCUT2D eigenvalue weighted by atomic mass is 35.5. The predicted molar refractivity (Wildman–Crippen MR) is 119 cm³/mol. The van der Waals surface area contributed by atoms with E-state index in [0.29, 0.717) is 17.7 Å². The van der Waals surface area contributed by atoms with Crippen molar-refractivity contribution >= 4 is 38.9 Å². The number of pyridine rings is 1. The smallest absolute Gasteiger partial charge is 0.195 e. The van der Waals surface area contributed by atoms with Crippen molar-refractivity contribution in [1.82, 2.24) is 34.0 Å². The third-order valence-corrected chi connectivity index (χ3v) is 6.93. The number of thiazole rings is 1. The van der Waals surface area contributed by atoms with Crippen LogP contribution in [0.2, 0.25) is 5.15 Å². The Labute approximate surface area is 181 Å². The van der Waals surface area contributed by atoms with Crippen LogP contribution in [0, 0.1) is 0 Å². The van der Waals surface area contributed by atoms with Gasteiger partial charge < -0.3 is 9.88 Å². The molecule has 152 valence electrons. The van der Waals surface area contributed by atoms with Crippen LogP contribution < -0.4 is 5.32 Å². The summed E-state index contributed by atoms with van der Waals surface area (Å²) in [4.78, 5) is 10.0. The van der Waals surface area contributed by atoms with Crippen molar-refractivity contribution in [3.63, 3.8) is 0 Å². The van der Waals surface area contributed by atoms with Crippen molar-refractivity contribution in [2.75, 3.05) is 13.1 Å². The molecule has 0 unspecified atom stereocenters. The normalized spacial score (nSPS) is 15.5. The maximum Gasteiger partial charge on any atom is 0.195 e. The van der Waals surface area contributed by atoms with E-state index in [1.54, 1.807) is 11.3 Å². The van der Waals surface area contributed by atoms with Gasteiger partial charge in [-0.2, -0.15) is 5.10 Å². The zero-order valence-corrected chi connectivity index (χ0v) is 17.8. The summed E-state index contributed by atoms with van der Waals surface area (Å²) in [7, 11) is 0. The Morgan fingerprint density at radius 2 is 2.07 bits per heavy atom. The maximum absolute atomic E-state index is 6.41. The molecule has 0 saturated carbocycles. The monoisotopic (exact) mass is 437 g/mol. The van der Waals surface area contributed by atoms with E-state index in [9.17, 15) is 0 Å². The number of piperidine rings is 1. The molecule has 1 fully saturated rings. The van der Waals surface area contributed by atoms with Gasteiger partial charge in [-0.25, -0.2) is 4.98 Å². The van der Waals surface area contributed by atoms with E-state index >= 15 is 0 Å². The molecule has 1 saturated heterocycles.